The molecule has 0 radical (unpaired) electrons. The van der Waals surface area contributed by atoms with Crippen LogP contribution in [-0.2, 0) is 14.6 Å². The van der Waals surface area contributed by atoms with Gasteiger partial charge in [-0.3, -0.25) is 9.69 Å². The average Bonchev–Trinajstić information content (AvgIpc) is 3.19. The molecule has 0 saturated carbocycles. The number of hydrogen-bond donors (Lipinski definition) is 1. The quantitative estimate of drug-likeness (QED) is 0.709. The number of hydrogen-bond acceptors (Lipinski definition) is 6. The zero-order chi connectivity index (χ0) is 17.6. The molecule has 1 amide bonds. The van der Waals surface area contributed by atoms with E-state index in [9.17, 15) is 13.2 Å². The first kappa shape index (κ1) is 19.3. The summed E-state index contributed by atoms with van der Waals surface area (Å²) in [7, 11) is -2.89. The van der Waals surface area contributed by atoms with Gasteiger partial charge in [-0.05, 0) is 31.6 Å². The van der Waals surface area contributed by atoms with Crippen molar-refractivity contribution in [3.8, 4) is 0 Å². The summed E-state index contributed by atoms with van der Waals surface area (Å²) in [5.74, 6) is 1.51. The first-order chi connectivity index (χ1) is 11.4. The van der Waals surface area contributed by atoms with E-state index in [1.807, 2.05) is 12.1 Å². The van der Waals surface area contributed by atoms with Crippen molar-refractivity contribution in [2.75, 3.05) is 36.9 Å². The van der Waals surface area contributed by atoms with Crippen LogP contribution < -0.4 is 5.32 Å². The Labute approximate surface area is 148 Å². The van der Waals surface area contributed by atoms with Gasteiger partial charge in [0.05, 0.1) is 29.6 Å². The van der Waals surface area contributed by atoms with Gasteiger partial charge < -0.3 is 9.73 Å². The summed E-state index contributed by atoms with van der Waals surface area (Å²) in [6.07, 6.45) is 2.29. The first-order valence-corrected chi connectivity index (χ1v) is 11.2. The van der Waals surface area contributed by atoms with E-state index in [4.69, 9.17) is 4.42 Å². The fraction of sp³-hybridized carbons (Fsp3) is 0.688. The molecule has 1 aliphatic rings. The number of nitrogens with zero attached hydrogens (tertiary/aromatic N) is 1. The molecule has 0 unspecified atom stereocenters. The summed E-state index contributed by atoms with van der Waals surface area (Å²) < 4.78 is 28.4. The highest BCUT2D eigenvalue weighted by atomic mass is 32.2. The summed E-state index contributed by atoms with van der Waals surface area (Å²) >= 11 is 1.44. The van der Waals surface area contributed by atoms with E-state index in [0.717, 1.165) is 18.8 Å². The van der Waals surface area contributed by atoms with Crippen LogP contribution in [0.25, 0.3) is 0 Å². The Balaban J connectivity index is 1.82. The third-order valence-electron chi connectivity index (χ3n) is 4.26. The molecule has 2 atom stereocenters. The van der Waals surface area contributed by atoms with Crippen molar-refractivity contribution in [3.05, 3.63) is 24.2 Å². The lowest BCUT2D eigenvalue weighted by Gasteiger charge is -2.28. The molecule has 2 heterocycles. The standard InChI is InChI=1S/C16H26N2O4S2/c1-3-18(4-2)14(15-6-5-8-22-15)10-17-16(19)11-23-13-7-9-24(20,21)12-13/h5-6,8,13-14H,3-4,7,9-12H2,1-2H3,(H,17,19)/t13-,14+/m0/s1. The minimum Gasteiger partial charge on any atom is -0.468 e. The Bertz CT molecular complexity index is 612. The monoisotopic (exact) mass is 374 g/mol. The number of carbonyl (C=O) groups is 1. The van der Waals surface area contributed by atoms with E-state index in [1.165, 1.54) is 11.8 Å². The topological polar surface area (TPSA) is 79.6 Å². The minimum absolute atomic E-state index is 0.0100. The lowest BCUT2D eigenvalue weighted by Crippen LogP contribution is -2.38. The molecule has 1 aromatic heterocycles. The van der Waals surface area contributed by atoms with Gasteiger partial charge in [-0.25, -0.2) is 8.42 Å². The van der Waals surface area contributed by atoms with Crippen LogP contribution in [0.5, 0.6) is 0 Å². The number of rotatable bonds is 9. The van der Waals surface area contributed by atoms with Crippen molar-refractivity contribution in [3.63, 3.8) is 0 Å². The third-order valence-corrected chi connectivity index (χ3v) is 7.54. The van der Waals surface area contributed by atoms with E-state index in [1.54, 1.807) is 6.26 Å². The van der Waals surface area contributed by atoms with Gasteiger partial charge in [0.2, 0.25) is 5.91 Å². The van der Waals surface area contributed by atoms with Crippen molar-refractivity contribution in [1.82, 2.24) is 10.2 Å². The SMILES string of the molecule is CCN(CC)[C@H](CNC(=O)CS[C@H]1CCS(=O)(=O)C1)c1ccco1. The normalized spacial score (nSPS) is 21.0. The average molecular weight is 375 g/mol. The number of nitrogens with one attached hydrogen (secondary N) is 1. The van der Waals surface area contributed by atoms with E-state index in [-0.39, 0.29) is 28.7 Å². The van der Waals surface area contributed by atoms with Crippen LogP contribution in [0.15, 0.2) is 22.8 Å². The molecular weight excluding hydrogens is 348 g/mol. The van der Waals surface area contributed by atoms with E-state index in [0.29, 0.717) is 18.7 Å². The molecule has 0 aromatic carbocycles. The van der Waals surface area contributed by atoms with Crippen LogP contribution in [0, 0.1) is 0 Å². The van der Waals surface area contributed by atoms with Gasteiger partial charge in [-0.2, -0.15) is 0 Å². The Morgan fingerprint density at radius 3 is 2.75 bits per heavy atom. The Morgan fingerprint density at radius 2 is 2.21 bits per heavy atom. The molecule has 2 rings (SSSR count). The maximum Gasteiger partial charge on any atom is 0.230 e. The molecule has 136 valence electrons. The summed E-state index contributed by atoms with van der Waals surface area (Å²) in [4.78, 5) is 14.3. The molecule has 1 N–H and O–H groups in total. The number of furan rings is 1. The van der Waals surface area contributed by atoms with Gasteiger partial charge in [0.15, 0.2) is 9.84 Å². The molecule has 0 aliphatic carbocycles. The molecule has 1 aromatic rings. The summed E-state index contributed by atoms with van der Waals surface area (Å²) in [6.45, 7) is 6.38. The van der Waals surface area contributed by atoms with Crippen molar-refractivity contribution in [2.45, 2.75) is 31.6 Å². The third kappa shape index (κ3) is 5.53. The fourth-order valence-corrected chi connectivity index (χ4v) is 6.38. The van der Waals surface area contributed by atoms with Gasteiger partial charge in [0.25, 0.3) is 0 Å². The molecule has 1 saturated heterocycles. The van der Waals surface area contributed by atoms with Crippen molar-refractivity contribution in [2.24, 2.45) is 0 Å². The second kappa shape index (κ2) is 8.92. The summed E-state index contributed by atoms with van der Waals surface area (Å²) in [5.41, 5.74) is 0. The molecule has 6 nitrogen and oxygen atoms in total. The molecule has 0 bridgehead atoms. The Kier molecular flexibility index (Phi) is 7.18. The highest BCUT2D eigenvalue weighted by molar-refractivity contribution is 8.02. The molecule has 1 fully saturated rings. The van der Waals surface area contributed by atoms with Gasteiger partial charge >= 0.3 is 0 Å². The van der Waals surface area contributed by atoms with Gasteiger partial charge in [0.1, 0.15) is 5.76 Å². The largest absolute Gasteiger partial charge is 0.468 e. The lowest BCUT2D eigenvalue weighted by atomic mass is 10.2. The Hall–Kier alpha value is -0.990. The highest BCUT2D eigenvalue weighted by Gasteiger charge is 2.28. The van der Waals surface area contributed by atoms with Crippen LogP contribution in [0.1, 0.15) is 32.1 Å². The Morgan fingerprint density at radius 1 is 1.46 bits per heavy atom. The second-order valence-electron chi connectivity index (χ2n) is 5.89. The van der Waals surface area contributed by atoms with Crippen LogP contribution in [0.4, 0.5) is 0 Å². The molecule has 8 heteroatoms. The molecule has 24 heavy (non-hydrogen) atoms. The van der Waals surface area contributed by atoms with E-state index in [2.05, 4.69) is 24.1 Å². The number of likely N-dealkylation sites (N-methyl/N-ethyl adjacent to an activating group) is 1. The molecule has 0 spiro atoms. The zero-order valence-corrected chi connectivity index (χ0v) is 15.9. The lowest BCUT2D eigenvalue weighted by molar-refractivity contribution is -0.118. The van der Waals surface area contributed by atoms with Crippen LogP contribution in [-0.4, -0.2) is 61.4 Å². The number of carbonyl (C=O) groups excluding carboxylic acids is 1. The maximum atomic E-state index is 12.1. The number of amides is 1. The number of thioether (sulfide) groups is 1. The fourth-order valence-electron chi connectivity index (χ4n) is 2.90. The van der Waals surface area contributed by atoms with Crippen molar-refractivity contribution in [1.29, 1.82) is 0 Å². The van der Waals surface area contributed by atoms with Crippen molar-refractivity contribution < 1.29 is 17.6 Å². The summed E-state index contributed by atoms with van der Waals surface area (Å²) in [6, 6.07) is 3.79. The minimum atomic E-state index is -2.89. The van der Waals surface area contributed by atoms with Crippen LogP contribution in [0.3, 0.4) is 0 Å². The molecular formula is C16H26N2O4S2. The van der Waals surface area contributed by atoms with Crippen molar-refractivity contribution >= 4 is 27.5 Å². The zero-order valence-electron chi connectivity index (χ0n) is 14.2. The smallest absolute Gasteiger partial charge is 0.230 e. The maximum absolute atomic E-state index is 12.1. The number of sulfone groups is 1. The van der Waals surface area contributed by atoms with Gasteiger partial charge in [-0.1, -0.05) is 13.8 Å². The van der Waals surface area contributed by atoms with Crippen LogP contribution >= 0.6 is 11.8 Å². The van der Waals surface area contributed by atoms with Gasteiger partial charge in [0, 0.05) is 11.8 Å². The van der Waals surface area contributed by atoms with E-state index < -0.39 is 9.84 Å². The first-order valence-electron chi connectivity index (χ1n) is 8.31. The van der Waals surface area contributed by atoms with E-state index >= 15 is 0 Å². The van der Waals surface area contributed by atoms with Gasteiger partial charge in [-0.15, -0.1) is 11.8 Å². The second-order valence-corrected chi connectivity index (χ2v) is 9.41. The molecule has 1 aliphatic heterocycles. The van der Waals surface area contributed by atoms with Crippen LogP contribution in [0.2, 0.25) is 0 Å². The summed E-state index contributed by atoms with van der Waals surface area (Å²) in [5, 5.41) is 3.00. The predicted octanol–water partition coefficient (Wildman–Crippen LogP) is 1.70. The highest BCUT2D eigenvalue weighted by Crippen LogP contribution is 2.24. The predicted molar refractivity (Wildman–Crippen MR) is 96.9 cm³/mol.